The van der Waals surface area contributed by atoms with E-state index >= 15 is 0 Å². The van der Waals surface area contributed by atoms with Gasteiger partial charge in [0.25, 0.3) is 0 Å². The lowest BCUT2D eigenvalue weighted by Gasteiger charge is -2.34. The molecular formula is C26H27F3N2O6. The summed E-state index contributed by atoms with van der Waals surface area (Å²) in [4.78, 5) is 41.5. The summed E-state index contributed by atoms with van der Waals surface area (Å²) < 4.78 is 42.5. The molecular weight excluding hydrogens is 493 g/mol. The highest BCUT2D eigenvalue weighted by atomic mass is 19.4. The number of aliphatic carboxylic acids is 1. The van der Waals surface area contributed by atoms with Crippen molar-refractivity contribution in [3.8, 4) is 5.75 Å². The lowest BCUT2D eigenvalue weighted by Crippen LogP contribution is -2.62. The van der Waals surface area contributed by atoms with Crippen molar-refractivity contribution in [2.24, 2.45) is 11.8 Å². The van der Waals surface area contributed by atoms with Crippen LogP contribution in [-0.4, -0.2) is 46.0 Å². The van der Waals surface area contributed by atoms with E-state index in [1.54, 1.807) is 18.2 Å². The molecule has 8 nitrogen and oxygen atoms in total. The Morgan fingerprint density at radius 1 is 1.11 bits per heavy atom. The predicted molar refractivity (Wildman–Crippen MR) is 126 cm³/mol. The molecule has 2 aromatic carbocycles. The van der Waals surface area contributed by atoms with Crippen LogP contribution < -0.4 is 15.0 Å². The summed E-state index contributed by atoms with van der Waals surface area (Å²) in [5.74, 6) is -6.39. The average Bonchev–Trinajstić information content (AvgIpc) is 3.32. The molecule has 11 heteroatoms. The zero-order valence-electron chi connectivity index (χ0n) is 20.4. The van der Waals surface area contributed by atoms with Gasteiger partial charge in [-0.05, 0) is 48.6 Å². The van der Waals surface area contributed by atoms with Gasteiger partial charge in [0.1, 0.15) is 5.75 Å². The number of para-hydroxylation sites is 1. The van der Waals surface area contributed by atoms with Gasteiger partial charge in [-0.2, -0.15) is 0 Å². The number of carbonyl (C=O) groups excluding carboxylic acids is 2. The zero-order chi connectivity index (χ0) is 27.3. The van der Waals surface area contributed by atoms with E-state index in [1.165, 1.54) is 19.1 Å². The summed E-state index contributed by atoms with van der Waals surface area (Å²) in [6, 6.07) is 8.97. The number of hydrogen-bond donors (Lipinski definition) is 3. The van der Waals surface area contributed by atoms with Crippen LogP contribution in [0.15, 0.2) is 42.5 Å². The van der Waals surface area contributed by atoms with Gasteiger partial charge in [0, 0.05) is 6.04 Å². The first-order valence-electron chi connectivity index (χ1n) is 11.9. The summed E-state index contributed by atoms with van der Waals surface area (Å²) in [7, 11) is 0. The van der Waals surface area contributed by atoms with Crippen LogP contribution in [0.3, 0.4) is 0 Å². The fourth-order valence-corrected chi connectivity index (χ4v) is 5.62. The Morgan fingerprint density at radius 3 is 2.22 bits per heavy atom. The van der Waals surface area contributed by atoms with E-state index in [-0.39, 0.29) is 5.56 Å². The lowest BCUT2D eigenvalue weighted by molar-refractivity contribution is -0.274. The van der Waals surface area contributed by atoms with Crippen molar-refractivity contribution in [2.75, 3.05) is 4.90 Å². The molecule has 2 aliphatic heterocycles. The van der Waals surface area contributed by atoms with E-state index in [2.05, 4.69) is 10.1 Å². The zero-order valence-corrected chi connectivity index (χ0v) is 20.4. The van der Waals surface area contributed by atoms with Crippen LogP contribution in [0.2, 0.25) is 0 Å². The number of anilines is 1. The fraction of sp³-hybridized carbons (Fsp3) is 0.423. The number of benzene rings is 2. The van der Waals surface area contributed by atoms with E-state index in [0.29, 0.717) is 29.7 Å². The molecule has 5 unspecified atom stereocenters. The number of imide groups is 1. The van der Waals surface area contributed by atoms with Crippen molar-refractivity contribution in [1.29, 1.82) is 0 Å². The van der Waals surface area contributed by atoms with Gasteiger partial charge in [-0.3, -0.25) is 19.7 Å². The SMILES string of the molecule is CCc1cccc(CC)c1N1C(=O)C2C(c3cccc(OC(F)(F)F)c3)NC(C(=O)O)(C(C)O)C2C1=O. The molecule has 0 saturated carbocycles. The molecule has 0 radical (unpaired) electrons. The van der Waals surface area contributed by atoms with E-state index in [4.69, 9.17) is 0 Å². The second-order valence-corrected chi connectivity index (χ2v) is 9.24. The maximum absolute atomic E-state index is 13.9. The highest BCUT2D eigenvalue weighted by Gasteiger charge is 2.70. The lowest BCUT2D eigenvalue weighted by atomic mass is 9.76. The number of ether oxygens (including phenoxy) is 1. The smallest absolute Gasteiger partial charge is 0.480 e. The number of nitrogens with one attached hydrogen (secondary N) is 1. The van der Waals surface area contributed by atoms with E-state index < -0.39 is 59.4 Å². The Bertz CT molecular complexity index is 1220. The van der Waals surface area contributed by atoms with Crippen molar-refractivity contribution < 1.29 is 42.5 Å². The minimum atomic E-state index is -4.97. The van der Waals surface area contributed by atoms with Crippen LogP contribution in [0, 0.1) is 11.8 Å². The van der Waals surface area contributed by atoms with Crippen LogP contribution in [0.4, 0.5) is 18.9 Å². The Labute approximate surface area is 211 Å². The summed E-state index contributed by atoms with van der Waals surface area (Å²) in [5.41, 5.74) is -0.337. The van der Waals surface area contributed by atoms with Crippen LogP contribution in [0.5, 0.6) is 5.75 Å². The first-order valence-corrected chi connectivity index (χ1v) is 11.9. The molecule has 2 heterocycles. The molecule has 198 valence electrons. The van der Waals surface area contributed by atoms with Crippen LogP contribution in [0.1, 0.15) is 43.5 Å². The number of fused-ring (bicyclic) bond motifs is 1. The summed E-state index contributed by atoms with van der Waals surface area (Å²) >= 11 is 0. The molecule has 0 bridgehead atoms. The Kier molecular flexibility index (Phi) is 6.80. The maximum atomic E-state index is 13.9. The number of aliphatic hydroxyl groups is 1. The Morgan fingerprint density at radius 2 is 1.70 bits per heavy atom. The highest BCUT2D eigenvalue weighted by Crippen LogP contribution is 2.52. The van der Waals surface area contributed by atoms with Crippen LogP contribution >= 0.6 is 0 Å². The molecule has 2 aliphatic rings. The number of aryl methyl sites for hydroxylation is 2. The third-order valence-corrected chi connectivity index (χ3v) is 7.25. The van der Waals surface area contributed by atoms with Crippen molar-refractivity contribution in [1.82, 2.24) is 5.32 Å². The first kappa shape index (κ1) is 26.6. The van der Waals surface area contributed by atoms with Gasteiger partial charge in [0.2, 0.25) is 11.8 Å². The first-order chi connectivity index (χ1) is 17.4. The number of aliphatic hydroxyl groups excluding tert-OH is 1. The number of nitrogens with zero attached hydrogens (tertiary/aromatic N) is 1. The number of carboxylic acid groups (broad SMARTS) is 1. The number of amides is 2. The Hall–Kier alpha value is -3.44. The van der Waals surface area contributed by atoms with Crippen LogP contribution in [-0.2, 0) is 27.2 Å². The van der Waals surface area contributed by atoms with Crippen molar-refractivity contribution in [3.05, 3.63) is 59.2 Å². The number of hydrogen-bond acceptors (Lipinski definition) is 6. The number of rotatable bonds is 7. The number of carbonyl (C=O) groups is 3. The average molecular weight is 521 g/mol. The van der Waals surface area contributed by atoms with Crippen molar-refractivity contribution in [2.45, 2.75) is 57.7 Å². The van der Waals surface area contributed by atoms with Gasteiger partial charge in [-0.1, -0.05) is 44.2 Å². The molecule has 2 aromatic rings. The molecule has 0 aliphatic carbocycles. The van der Waals surface area contributed by atoms with E-state index in [9.17, 15) is 37.8 Å². The van der Waals surface area contributed by atoms with Gasteiger partial charge in [-0.25, -0.2) is 4.90 Å². The third kappa shape index (κ3) is 4.25. The minimum Gasteiger partial charge on any atom is -0.480 e. The molecule has 3 N–H and O–H groups in total. The predicted octanol–water partition coefficient (Wildman–Crippen LogP) is 3.36. The molecule has 5 atom stereocenters. The second kappa shape index (κ2) is 9.46. The number of halogens is 3. The van der Waals surface area contributed by atoms with Crippen molar-refractivity contribution >= 4 is 23.5 Å². The molecule has 2 fully saturated rings. The molecule has 37 heavy (non-hydrogen) atoms. The molecule has 4 rings (SSSR count). The normalized spacial score (nSPS) is 26.4. The third-order valence-electron chi connectivity index (χ3n) is 7.25. The Balaban J connectivity index is 1.89. The standard InChI is InChI=1S/C26H27F3N2O6/c1-4-14-8-6-9-15(5-2)21(14)31-22(33)18-19(23(31)34)25(13(3)32,24(35)36)30-20(18)16-10-7-11-17(12-16)37-26(27,28)29/h6-13,18-20,30,32H,4-5H2,1-3H3,(H,35,36). The quantitative estimate of drug-likeness (QED) is 0.480. The maximum Gasteiger partial charge on any atom is 0.573 e. The monoisotopic (exact) mass is 520 g/mol. The van der Waals surface area contributed by atoms with E-state index in [0.717, 1.165) is 17.0 Å². The second-order valence-electron chi connectivity index (χ2n) is 9.24. The molecule has 0 aromatic heterocycles. The summed E-state index contributed by atoms with van der Waals surface area (Å²) in [5, 5.41) is 23.6. The molecule has 2 saturated heterocycles. The van der Waals surface area contributed by atoms with E-state index in [1.807, 2.05) is 13.8 Å². The number of alkyl halides is 3. The largest absolute Gasteiger partial charge is 0.573 e. The minimum absolute atomic E-state index is 0.114. The van der Waals surface area contributed by atoms with Gasteiger partial charge in [-0.15, -0.1) is 13.2 Å². The van der Waals surface area contributed by atoms with Gasteiger partial charge >= 0.3 is 12.3 Å². The highest BCUT2D eigenvalue weighted by molar-refractivity contribution is 6.25. The topological polar surface area (TPSA) is 116 Å². The van der Waals surface area contributed by atoms with Gasteiger partial charge in [0.15, 0.2) is 5.54 Å². The molecule has 0 spiro atoms. The summed E-state index contributed by atoms with van der Waals surface area (Å²) in [6.07, 6.45) is -5.60. The van der Waals surface area contributed by atoms with Crippen LogP contribution in [0.25, 0.3) is 0 Å². The van der Waals surface area contributed by atoms with Gasteiger partial charge in [0.05, 0.1) is 23.6 Å². The fourth-order valence-electron chi connectivity index (χ4n) is 5.62. The van der Waals surface area contributed by atoms with Crippen molar-refractivity contribution in [3.63, 3.8) is 0 Å². The molecule has 2 amide bonds. The number of carboxylic acids is 1. The summed E-state index contributed by atoms with van der Waals surface area (Å²) in [6.45, 7) is 4.91. The van der Waals surface area contributed by atoms with Gasteiger partial charge < -0.3 is 14.9 Å².